The highest BCUT2D eigenvalue weighted by Gasteiger charge is 2.31. The first-order chi connectivity index (χ1) is 7.04. The molecule has 15 heavy (non-hydrogen) atoms. The van der Waals surface area contributed by atoms with Gasteiger partial charge in [0.05, 0.1) is 0 Å². The number of aliphatic carboxylic acids is 1. The first-order valence-corrected chi connectivity index (χ1v) is 5.29. The van der Waals surface area contributed by atoms with Crippen LogP contribution in [0.5, 0.6) is 0 Å². The number of carboxylic acids is 1. The number of nitrogens with two attached hydrogens (primary N) is 1. The zero-order chi connectivity index (χ0) is 11.4. The average Bonchev–Trinajstić information content (AvgIpc) is 2.96. The average molecular weight is 214 g/mol. The maximum Gasteiger partial charge on any atom is 0.323 e. The third kappa shape index (κ3) is 3.87. The molecule has 0 aromatic carbocycles. The van der Waals surface area contributed by atoms with E-state index >= 15 is 0 Å². The summed E-state index contributed by atoms with van der Waals surface area (Å²) in [6.45, 7) is 1.96. The molecule has 1 aliphatic carbocycles. The molecule has 0 radical (unpaired) electrons. The highest BCUT2D eigenvalue weighted by molar-refractivity contribution is 5.81. The summed E-state index contributed by atoms with van der Waals surface area (Å²) in [5, 5.41) is 8.59. The Kier molecular flexibility index (Phi) is 4.08. The lowest BCUT2D eigenvalue weighted by molar-refractivity contribution is -0.144. The molecule has 0 aliphatic heterocycles. The Hall–Kier alpha value is -1.10. The maximum absolute atomic E-state index is 11.6. The molecule has 1 aliphatic rings. The monoisotopic (exact) mass is 214 g/mol. The first kappa shape index (κ1) is 12.0. The molecule has 1 amide bonds. The lowest BCUT2D eigenvalue weighted by Crippen LogP contribution is -2.39. The topological polar surface area (TPSA) is 83.6 Å². The molecule has 86 valence electrons. The Bertz CT molecular complexity index is 251. The number of carbonyl (C=O) groups excluding carboxylic acids is 1. The highest BCUT2D eigenvalue weighted by atomic mass is 16.4. The molecule has 3 N–H and O–H groups in total. The summed E-state index contributed by atoms with van der Waals surface area (Å²) in [5.41, 5.74) is 5.81. The lowest BCUT2D eigenvalue weighted by Gasteiger charge is -2.20. The van der Waals surface area contributed by atoms with Crippen molar-refractivity contribution in [2.24, 2.45) is 11.7 Å². The summed E-state index contributed by atoms with van der Waals surface area (Å²) in [6.07, 6.45) is 2.46. The zero-order valence-electron chi connectivity index (χ0n) is 8.98. The van der Waals surface area contributed by atoms with Gasteiger partial charge in [-0.1, -0.05) is 0 Å². The van der Waals surface area contributed by atoms with E-state index in [0.29, 0.717) is 12.5 Å². The van der Waals surface area contributed by atoms with Gasteiger partial charge in [0.15, 0.2) is 0 Å². The Morgan fingerprint density at radius 2 is 2.13 bits per heavy atom. The van der Waals surface area contributed by atoms with Crippen LogP contribution in [0.2, 0.25) is 0 Å². The van der Waals surface area contributed by atoms with Crippen LogP contribution in [0, 0.1) is 5.92 Å². The van der Waals surface area contributed by atoms with Gasteiger partial charge >= 0.3 is 5.97 Å². The Morgan fingerprint density at radius 1 is 1.53 bits per heavy atom. The Morgan fingerprint density at radius 3 is 2.53 bits per heavy atom. The molecule has 1 rings (SSSR count). The molecule has 0 bridgehead atoms. The molecule has 5 heteroatoms. The van der Waals surface area contributed by atoms with Gasteiger partial charge in [-0.2, -0.15) is 0 Å². The van der Waals surface area contributed by atoms with Crippen molar-refractivity contribution in [2.75, 3.05) is 13.1 Å². The van der Waals surface area contributed by atoms with E-state index in [0.717, 1.165) is 12.8 Å². The number of likely N-dealkylation sites (N-methyl/N-ethyl adjacent to an activating group) is 1. The fourth-order valence-corrected chi connectivity index (χ4v) is 1.56. The van der Waals surface area contributed by atoms with E-state index < -0.39 is 5.97 Å². The van der Waals surface area contributed by atoms with Gasteiger partial charge in [-0.05, 0) is 25.7 Å². The van der Waals surface area contributed by atoms with Crippen molar-refractivity contribution in [1.82, 2.24) is 4.90 Å². The third-order valence-corrected chi connectivity index (χ3v) is 2.70. The van der Waals surface area contributed by atoms with Crippen molar-refractivity contribution < 1.29 is 14.7 Å². The minimum Gasteiger partial charge on any atom is -0.480 e. The van der Waals surface area contributed by atoms with E-state index in [1.54, 1.807) is 6.92 Å². The standard InChI is InChI=1S/C10H18N2O3/c1-2-12(6-10(14)15)9(13)5-8(11)7-3-4-7/h7-8H,2-6,11H2,1H3,(H,14,15). The molecule has 0 aromatic rings. The largest absolute Gasteiger partial charge is 0.480 e. The highest BCUT2D eigenvalue weighted by Crippen LogP contribution is 2.32. The molecule has 1 fully saturated rings. The van der Waals surface area contributed by atoms with E-state index in [-0.39, 0.29) is 24.9 Å². The zero-order valence-corrected chi connectivity index (χ0v) is 8.98. The van der Waals surface area contributed by atoms with Gasteiger partial charge in [-0.15, -0.1) is 0 Å². The molecule has 5 nitrogen and oxygen atoms in total. The smallest absolute Gasteiger partial charge is 0.323 e. The van der Waals surface area contributed by atoms with Gasteiger partial charge < -0.3 is 15.7 Å². The molecule has 0 saturated heterocycles. The summed E-state index contributed by atoms with van der Waals surface area (Å²) >= 11 is 0. The van der Waals surface area contributed by atoms with Crippen LogP contribution in [0.3, 0.4) is 0 Å². The number of rotatable bonds is 6. The fraction of sp³-hybridized carbons (Fsp3) is 0.800. The first-order valence-electron chi connectivity index (χ1n) is 5.29. The van der Waals surface area contributed by atoms with Gasteiger partial charge in [-0.3, -0.25) is 9.59 Å². The number of amides is 1. The van der Waals surface area contributed by atoms with Gasteiger partial charge in [-0.25, -0.2) is 0 Å². The van der Waals surface area contributed by atoms with Crippen LogP contribution in [0.25, 0.3) is 0 Å². The van der Waals surface area contributed by atoms with E-state index in [2.05, 4.69) is 0 Å². The molecular formula is C10H18N2O3. The Balaban J connectivity index is 2.37. The van der Waals surface area contributed by atoms with Crippen molar-refractivity contribution in [3.8, 4) is 0 Å². The van der Waals surface area contributed by atoms with Crippen LogP contribution >= 0.6 is 0 Å². The summed E-state index contributed by atoms with van der Waals surface area (Å²) < 4.78 is 0. The number of carboxylic acid groups (broad SMARTS) is 1. The SMILES string of the molecule is CCN(CC(=O)O)C(=O)CC(N)C1CC1. The van der Waals surface area contributed by atoms with E-state index in [9.17, 15) is 9.59 Å². The number of nitrogens with zero attached hydrogens (tertiary/aromatic N) is 1. The van der Waals surface area contributed by atoms with E-state index in [4.69, 9.17) is 10.8 Å². The summed E-state index contributed by atoms with van der Waals surface area (Å²) in [6, 6.07) is -0.0969. The fourth-order valence-electron chi connectivity index (χ4n) is 1.56. The number of carbonyl (C=O) groups is 2. The predicted molar refractivity (Wildman–Crippen MR) is 55.2 cm³/mol. The number of hydrogen-bond acceptors (Lipinski definition) is 3. The lowest BCUT2D eigenvalue weighted by atomic mass is 10.1. The van der Waals surface area contributed by atoms with E-state index in [1.165, 1.54) is 4.90 Å². The summed E-state index contributed by atoms with van der Waals surface area (Å²) in [5.74, 6) is -0.665. The van der Waals surface area contributed by atoms with E-state index in [1.807, 2.05) is 0 Å². The van der Waals surface area contributed by atoms with Gasteiger partial charge in [0.2, 0.25) is 5.91 Å². The molecule has 0 heterocycles. The Labute approximate surface area is 89.2 Å². The predicted octanol–water partition coefficient (Wildman–Crippen LogP) is 0.0469. The quantitative estimate of drug-likeness (QED) is 0.654. The van der Waals surface area contributed by atoms with Gasteiger partial charge in [0.25, 0.3) is 0 Å². The van der Waals surface area contributed by atoms with Crippen molar-refractivity contribution >= 4 is 11.9 Å². The van der Waals surface area contributed by atoms with Crippen LogP contribution in [-0.4, -0.2) is 41.0 Å². The number of hydrogen-bond donors (Lipinski definition) is 2. The van der Waals surface area contributed by atoms with Gasteiger partial charge in [0.1, 0.15) is 6.54 Å². The minimum absolute atomic E-state index is 0.0969. The van der Waals surface area contributed by atoms with Crippen LogP contribution in [0.1, 0.15) is 26.2 Å². The van der Waals surface area contributed by atoms with Crippen LogP contribution in [-0.2, 0) is 9.59 Å². The minimum atomic E-state index is -0.981. The molecule has 0 aromatic heterocycles. The molecular weight excluding hydrogens is 196 g/mol. The summed E-state index contributed by atoms with van der Waals surface area (Å²) in [4.78, 5) is 23.4. The second-order valence-corrected chi connectivity index (χ2v) is 4.01. The second-order valence-electron chi connectivity index (χ2n) is 4.01. The normalized spacial score (nSPS) is 17.2. The maximum atomic E-state index is 11.6. The van der Waals surface area contributed by atoms with Crippen molar-refractivity contribution in [3.05, 3.63) is 0 Å². The molecule has 1 unspecified atom stereocenters. The molecule has 0 spiro atoms. The van der Waals surface area contributed by atoms with Crippen LogP contribution < -0.4 is 5.73 Å². The van der Waals surface area contributed by atoms with Crippen LogP contribution in [0.4, 0.5) is 0 Å². The van der Waals surface area contributed by atoms with Crippen molar-refractivity contribution in [1.29, 1.82) is 0 Å². The van der Waals surface area contributed by atoms with Gasteiger partial charge in [0, 0.05) is 19.0 Å². The third-order valence-electron chi connectivity index (χ3n) is 2.70. The molecule has 1 saturated carbocycles. The second kappa shape index (κ2) is 5.11. The summed E-state index contributed by atoms with van der Waals surface area (Å²) in [7, 11) is 0. The van der Waals surface area contributed by atoms with Crippen molar-refractivity contribution in [3.63, 3.8) is 0 Å². The van der Waals surface area contributed by atoms with Crippen LogP contribution in [0.15, 0.2) is 0 Å². The molecule has 1 atom stereocenters. The van der Waals surface area contributed by atoms with Crippen molar-refractivity contribution in [2.45, 2.75) is 32.2 Å².